The maximum absolute atomic E-state index is 13.5. The van der Waals surface area contributed by atoms with Gasteiger partial charge in [0, 0.05) is 42.3 Å². The van der Waals surface area contributed by atoms with Crippen LogP contribution in [0.2, 0.25) is 0 Å². The average Bonchev–Trinajstić information content (AvgIpc) is 3.42. The van der Waals surface area contributed by atoms with Gasteiger partial charge < -0.3 is 10.2 Å². The fraction of sp³-hybridized carbons (Fsp3) is 0.636. The highest BCUT2D eigenvalue weighted by molar-refractivity contribution is 9.10. The maximum atomic E-state index is 13.5. The predicted molar refractivity (Wildman–Crippen MR) is 122 cm³/mol. The number of carbonyl (C=O) groups is 2. The van der Waals surface area contributed by atoms with Crippen LogP contribution in [-0.2, 0) is 26.0 Å². The van der Waals surface area contributed by atoms with Crippen LogP contribution >= 0.6 is 15.9 Å². The van der Waals surface area contributed by atoms with Crippen molar-refractivity contribution in [3.8, 4) is 0 Å². The van der Waals surface area contributed by atoms with Gasteiger partial charge in [-0.2, -0.15) is 4.31 Å². The van der Waals surface area contributed by atoms with E-state index in [0.29, 0.717) is 48.9 Å². The quantitative estimate of drug-likeness (QED) is 0.657. The van der Waals surface area contributed by atoms with Gasteiger partial charge in [-0.15, -0.1) is 0 Å². The van der Waals surface area contributed by atoms with Gasteiger partial charge in [0.05, 0.1) is 10.8 Å². The predicted octanol–water partition coefficient (Wildman–Crippen LogP) is 3.21. The molecular formula is C22H30BrN3O4S. The number of hydrogen-bond donors (Lipinski definition) is 1. The van der Waals surface area contributed by atoms with Crippen LogP contribution in [-0.4, -0.2) is 50.2 Å². The highest BCUT2D eigenvalue weighted by atomic mass is 79.9. The lowest BCUT2D eigenvalue weighted by molar-refractivity contribution is -0.126. The molecule has 2 fully saturated rings. The molecule has 0 bridgehead atoms. The Morgan fingerprint density at radius 1 is 1.13 bits per heavy atom. The van der Waals surface area contributed by atoms with Crippen LogP contribution in [0.15, 0.2) is 21.5 Å². The summed E-state index contributed by atoms with van der Waals surface area (Å²) in [7, 11) is -3.80. The fourth-order valence-electron chi connectivity index (χ4n) is 4.94. The molecule has 1 saturated heterocycles. The molecule has 7 nitrogen and oxygen atoms in total. The van der Waals surface area contributed by atoms with Crippen molar-refractivity contribution in [3.63, 3.8) is 0 Å². The minimum Gasteiger partial charge on any atom is -0.353 e. The number of sulfonamides is 1. The molecule has 2 aliphatic heterocycles. The highest BCUT2D eigenvalue weighted by Crippen LogP contribution is 2.37. The van der Waals surface area contributed by atoms with E-state index >= 15 is 0 Å². The number of anilines is 1. The first-order valence-corrected chi connectivity index (χ1v) is 13.5. The third-order valence-electron chi connectivity index (χ3n) is 6.71. The molecule has 1 saturated carbocycles. The minimum atomic E-state index is -3.80. The largest absolute Gasteiger partial charge is 0.353 e. The molecule has 1 atom stereocenters. The Hall–Kier alpha value is -1.45. The summed E-state index contributed by atoms with van der Waals surface area (Å²) in [5.41, 5.74) is 1.65. The molecule has 0 radical (unpaired) electrons. The molecule has 3 aliphatic rings. The molecule has 9 heteroatoms. The second-order valence-corrected chi connectivity index (χ2v) is 11.5. The summed E-state index contributed by atoms with van der Waals surface area (Å²) in [6.45, 7) is 2.98. The number of benzene rings is 1. The number of rotatable bonds is 5. The summed E-state index contributed by atoms with van der Waals surface area (Å²) in [5.74, 6) is -0.360. The summed E-state index contributed by atoms with van der Waals surface area (Å²) in [4.78, 5) is 26.9. The zero-order valence-corrected chi connectivity index (χ0v) is 20.3. The molecule has 0 spiro atoms. The monoisotopic (exact) mass is 511 g/mol. The van der Waals surface area contributed by atoms with E-state index in [1.54, 1.807) is 17.9 Å². The Morgan fingerprint density at radius 2 is 1.87 bits per heavy atom. The van der Waals surface area contributed by atoms with Gasteiger partial charge in [-0.05, 0) is 65.7 Å². The summed E-state index contributed by atoms with van der Waals surface area (Å²) in [6, 6.07) is 3.67. The zero-order chi connectivity index (χ0) is 22.2. The SMILES string of the molecule is CCC(=O)N1CCc2cc(Br)c(S(=O)(=O)N3CCC[C@@H](C(=O)NC4CCCC4)C3)cc21. The topological polar surface area (TPSA) is 86.8 Å². The Kier molecular flexibility index (Phi) is 6.74. The first kappa shape index (κ1) is 22.7. The van der Waals surface area contributed by atoms with E-state index in [-0.39, 0.29) is 35.2 Å². The van der Waals surface area contributed by atoms with E-state index in [9.17, 15) is 18.0 Å². The molecule has 4 rings (SSSR count). The lowest BCUT2D eigenvalue weighted by Gasteiger charge is -2.32. The average molecular weight is 512 g/mol. The number of nitrogens with zero attached hydrogens (tertiary/aromatic N) is 2. The van der Waals surface area contributed by atoms with E-state index in [0.717, 1.165) is 31.2 Å². The lowest BCUT2D eigenvalue weighted by Crippen LogP contribution is -2.47. The van der Waals surface area contributed by atoms with Crippen LogP contribution in [0.25, 0.3) is 0 Å². The Bertz CT molecular complexity index is 975. The number of piperidine rings is 1. The highest BCUT2D eigenvalue weighted by Gasteiger charge is 2.36. The van der Waals surface area contributed by atoms with E-state index in [2.05, 4.69) is 21.2 Å². The van der Waals surface area contributed by atoms with Crippen molar-refractivity contribution in [2.24, 2.45) is 5.92 Å². The van der Waals surface area contributed by atoms with Gasteiger partial charge in [0.2, 0.25) is 21.8 Å². The number of halogens is 1. The Morgan fingerprint density at radius 3 is 2.58 bits per heavy atom. The van der Waals surface area contributed by atoms with E-state index < -0.39 is 10.0 Å². The third-order valence-corrected chi connectivity index (χ3v) is 9.53. The number of carbonyl (C=O) groups excluding carboxylic acids is 2. The molecule has 170 valence electrons. The number of nitrogens with one attached hydrogen (secondary N) is 1. The van der Waals surface area contributed by atoms with Crippen LogP contribution < -0.4 is 10.2 Å². The van der Waals surface area contributed by atoms with E-state index in [4.69, 9.17) is 0 Å². The molecule has 1 N–H and O–H groups in total. The standard InChI is InChI=1S/C22H30BrN3O4S/c1-2-21(27)26-11-9-15-12-18(23)20(13-19(15)26)31(29,30)25-10-5-6-16(14-25)22(28)24-17-7-3-4-8-17/h12-13,16-17H,2-11,14H2,1H3,(H,24,28)/t16-/m1/s1. The van der Waals surface area contributed by atoms with Gasteiger partial charge >= 0.3 is 0 Å². The van der Waals surface area contributed by atoms with E-state index in [1.807, 2.05) is 6.07 Å². The molecule has 31 heavy (non-hydrogen) atoms. The van der Waals surface area contributed by atoms with Crippen LogP contribution in [0.1, 0.15) is 57.4 Å². The van der Waals surface area contributed by atoms with Gasteiger partial charge in [0.15, 0.2) is 0 Å². The number of hydrogen-bond acceptors (Lipinski definition) is 4. The summed E-state index contributed by atoms with van der Waals surface area (Å²) >= 11 is 3.44. The molecular weight excluding hydrogens is 482 g/mol. The second-order valence-electron chi connectivity index (χ2n) is 8.75. The third kappa shape index (κ3) is 4.54. The molecule has 2 amide bonds. The van der Waals surface area contributed by atoms with Crippen molar-refractivity contribution in [2.45, 2.75) is 69.2 Å². The second kappa shape index (κ2) is 9.19. The zero-order valence-electron chi connectivity index (χ0n) is 17.9. The normalized spacial score (nSPS) is 22.5. The van der Waals surface area contributed by atoms with Gasteiger partial charge in [0.25, 0.3) is 0 Å². The van der Waals surface area contributed by atoms with Crippen LogP contribution in [0.5, 0.6) is 0 Å². The van der Waals surface area contributed by atoms with Crippen molar-refractivity contribution in [1.29, 1.82) is 0 Å². The number of amides is 2. The van der Waals surface area contributed by atoms with E-state index in [1.165, 1.54) is 4.31 Å². The molecule has 1 aromatic rings. The fourth-order valence-corrected chi connectivity index (χ4v) is 7.53. The van der Waals surface area contributed by atoms with Crippen molar-refractivity contribution in [2.75, 3.05) is 24.5 Å². The molecule has 0 unspecified atom stereocenters. The summed E-state index contributed by atoms with van der Waals surface area (Å²) < 4.78 is 29.0. The van der Waals surface area contributed by atoms with Gasteiger partial charge in [0.1, 0.15) is 0 Å². The molecule has 1 aromatic carbocycles. The summed E-state index contributed by atoms with van der Waals surface area (Å²) in [5, 5.41) is 3.12. The molecule has 1 aliphatic carbocycles. The van der Waals surface area contributed by atoms with Crippen molar-refractivity contribution >= 4 is 43.5 Å². The van der Waals surface area contributed by atoms with Crippen molar-refractivity contribution in [3.05, 3.63) is 22.2 Å². The summed E-state index contributed by atoms with van der Waals surface area (Å²) in [6.07, 6.45) is 6.75. The van der Waals surface area contributed by atoms with Gasteiger partial charge in [-0.3, -0.25) is 9.59 Å². The van der Waals surface area contributed by atoms with Crippen molar-refractivity contribution in [1.82, 2.24) is 9.62 Å². The first-order valence-electron chi connectivity index (χ1n) is 11.2. The molecule has 2 heterocycles. The molecule has 0 aromatic heterocycles. The smallest absolute Gasteiger partial charge is 0.244 e. The Balaban J connectivity index is 1.55. The minimum absolute atomic E-state index is 0.00830. The van der Waals surface area contributed by atoms with Gasteiger partial charge in [-0.25, -0.2) is 8.42 Å². The Labute approximate surface area is 192 Å². The van der Waals surface area contributed by atoms with Crippen molar-refractivity contribution < 1.29 is 18.0 Å². The van der Waals surface area contributed by atoms with Crippen LogP contribution in [0.3, 0.4) is 0 Å². The number of fused-ring (bicyclic) bond motifs is 1. The lowest BCUT2D eigenvalue weighted by atomic mass is 9.98. The van der Waals surface area contributed by atoms with Crippen LogP contribution in [0.4, 0.5) is 5.69 Å². The van der Waals surface area contributed by atoms with Gasteiger partial charge in [-0.1, -0.05) is 19.8 Å². The maximum Gasteiger partial charge on any atom is 0.244 e. The first-order chi connectivity index (χ1) is 14.8. The van der Waals surface area contributed by atoms with Crippen LogP contribution in [0, 0.1) is 5.92 Å².